The lowest BCUT2D eigenvalue weighted by Gasteiger charge is -2.13. The average Bonchev–Trinajstić information content (AvgIpc) is 2.57. The Hall–Kier alpha value is -2.97. The van der Waals surface area contributed by atoms with E-state index in [-0.39, 0.29) is 11.4 Å². The zero-order valence-corrected chi connectivity index (χ0v) is 14.4. The number of hydrogen-bond donors (Lipinski definition) is 0. The minimum Gasteiger partial charge on any atom is -0.302 e. The average molecular weight is 335 g/mol. The van der Waals surface area contributed by atoms with Gasteiger partial charge in [0.15, 0.2) is 0 Å². The minimum absolute atomic E-state index is 0.0773. The molecule has 1 heterocycles. The van der Waals surface area contributed by atoms with Crippen LogP contribution in [0, 0.1) is 17.7 Å². The van der Waals surface area contributed by atoms with Crippen LogP contribution in [0.15, 0.2) is 47.3 Å². The van der Waals surface area contributed by atoms with Gasteiger partial charge in [-0.05, 0) is 50.5 Å². The van der Waals surface area contributed by atoms with Crippen LogP contribution in [0.4, 0.5) is 4.39 Å². The van der Waals surface area contributed by atoms with Gasteiger partial charge < -0.3 is 4.90 Å². The Morgan fingerprint density at radius 1 is 1.12 bits per heavy atom. The quantitative estimate of drug-likeness (QED) is 0.676. The molecule has 0 unspecified atom stereocenters. The van der Waals surface area contributed by atoms with Crippen molar-refractivity contribution < 1.29 is 4.39 Å². The first-order chi connectivity index (χ1) is 11.9. The highest BCUT2D eigenvalue weighted by atomic mass is 19.1. The molecule has 0 bridgehead atoms. The first-order valence-electron chi connectivity index (χ1n) is 7.86. The maximum atomic E-state index is 13.2. The van der Waals surface area contributed by atoms with E-state index in [4.69, 9.17) is 0 Å². The van der Waals surface area contributed by atoms with Crippen LogP contribution in [-0.4, -0.2) is 28.5 Å². The summed E-state index contributed by atoms with van der Waals surface area (Å²) in [5.41, 5.74) is 1.87. The van der Waals surface area contributed by atoms with Crippen molar-refractivity contribution in [2.45, 2.75) is 6.54 Å². The Bertz CT molecular complexity index is 1060. The van der Waals surface area contributed by atoms with E-state index in [9.17, 15) is 9.18 Å². The van der Waals surface area contributed by atoms with Gasteiger partial charge in [0.2, 0.25) is 0 Å². The molecule has 1 aromatic heterocycles. The first-order valence-corrected chi connectivity index (χ1v) is 7.86. The maximum Gasteiger partial charge on any atom is 0.261 e. The molecule has 3 rings (SSSR count). The van der Waals surface area contributed by atoms with E-state index in [1.54, 1.807) is 41.9 Å². The largest absolute Gasteiger partial charge is 0.302 e. The summed E-state index contributed by atoms with van der Waals surface area (Å²) in [6, 6.07) is 11.5. The summed E-state index contributed by atoms with van der Waals surface area (Å²) in [5, 5.41) is 0.557. The molecule has 0 aliphatic carbocycles. The van der Waals surface area contributed by atoms with E-state index in [0.717, 1.165) is 5.56 Å². The lowest BCUT2D eigenvalue weighted by atomic mass is 10.1. The second-order valence-corrected chi connectivity index (χ2v) is 6.12. The number of fused-ring (bicyclic) bond motifs is 1. The molecule has 0 saturated heterocycles. The lowest BCUT2D eigenvalue weighted by molar-refractivity contribution is 0.382. The molecule has 0 aliphatic heterocycles. The molecule has 0 aliphatic rings. The second-order valence-electron chi connectivity index (χ2n) is 6.12. The van der Waals surface area contributed by atoms with Gasteiger partial charge in [-0.3, -0.25) is 9.36 Å². The predicted octanol–water partition coefficient (Wildman–Crippen LogP) is 2.53. The molecular weight excluding hydrogens is 317 g/mol. The summed E-state index contributed by atoms with van der Waals surface area (Å²) in [6.45, 7) is 0.570. The van der Waals surface area contributed by atoms with Gasteiger partial charge >= 0.3 is 0 Å². The predicted molar refractivity (Wildman–Crippen MR) is 96.8 cm³/mol. The highest BCUT2D eigenvalue weighted by Crippen LogP contribution is 2.12. The molecule has 3 aromatic rings. The summed E-state index contributed by atoms with van der Waals surface area (Å²) in [4.78, 5) is 19.0. The van der Waals surface area contributed by atoms with Gasteiger partial charge in [-0.2, -0.15) is 0 Å². The molecular formula is C20H18FN3O. The molecule has 0 atom stereocenters. The summed E-state index contributed by atoms with van der Waals surface area (Å²) in [5.74, 6) is 6.31. The zero-order chi connectivity index (χ0) is 18.0. The van der Waals surface area contributed by atoms with Crippen LogP contribution in [-0.2, 0) is 13.6 Å². The molecule has 5 heteroatoms. The van der Waals surface area contributed by atoms with Crippen molar-refractivity contribution >= 4 is 10.9 Å². The SMILES string of the molecule is CN(C)Cc1nc2cc(C#Cc3cccc(F)c3)ccc2c(=O)n1C. The Morgan fingerprint density at radius 3 is 2.52 bits per heavy atom. The summed E-state index contributed by atoms with van der Waals surface area (Å²) in [6.07, 6.45) is 0. The highest BCUT2D eigenvalue weighted by Gasteiger charge is 2.09. The topological polar surface area (TPSA) is 38.1 Å². The molecule has 126 valence electrons. The smallest absolute Gasteiger partial charge is 0.261 e. The molecule has 0 saturated carbocycles. The molecule has 4 nitrogen and oxygen atoms in total. The van der Waals surface area contributed by atoms with Crippen LogP contribution in [0.1, 0.15) is 17.0 Å². The van der Waals surface area contributed by atoms with Crippen LogP contribution >= 0.6 is 0 Å². The van der Waals surface area contributed by atoms with E-state index >= 15 is 0 Å². The molecule has 25 heavy (non-hydrogen) atoms. The van der Waals surface area contributed by atoms with Gasteiger partial charge in [0, 0.05) is 18.2 Å². The fraction of sp³-hybridized carbons (Fsp3) is 0.200. The summed E-state index contributed by atoms with van der Waals surface area (Å²) < 4.78 is 14.8. The third-order valence-corrected chi connectivity index (χ3v) is 3.80. The summed E-state index contributed by atoms with van der Waals surface area (Å²) >= 11 is 0. The standard InChI is InChI=1S/C20H18FN3O/c1-23(2)13-19-22-18-12-15(9-10-17(18)20(25)24(19)3)8-7-14-5-4-6-16(21)11-14/h4-6,9-12H,13H2,1-3H3. The van der Waals surface area contributed by atoms with Crippen LogP contribution in [0.2, 0.25) is 0 Å². The fourth-order valence-corrected chi connectivity index (χ4v) is 2.53. The fourth-order valence-electron chi connectivity index (χ4n) is 2.53. The Kier molecular flexibility index (Phi) is 4.64. The molecule has 0 amide bonds. The third-order valence-electron chi connectivity index (χ3n) is 3.80. The van der Waals surface area contributed by atoms with Crippen LogP contribution in [0.25, 0.3) is 10.9 Å². The second kappa shape index (κ2) is 6.88. The van der Waals surface area contributed by atoms with Crippen molar-refractivity contribution in [2.24, 2.45) is 7.05 Å². The van der Waals surface area contributed by atoms with Gasteiger partial charge in [-0.1, -0.05) is 17.9 Å². The normalized spacial score (nSPS) is 10.8. The third kappa shape index (κ3) is 3.76. The van der Waals surface area contributed by atoms with Gasteiger partial charge in [-0.25, -0.2) is 9.37 Å². The molecule has 2 aromatic carbocycles. The van der Waals surface area contributed by atoms with Crippen LogP contribution in [0.3, 0.4) is 0 Å². The van der Waals surface area contributed by atoms with Gasteiger partial charge in [-0.15, -0.1) is 0 Å². The van der Waals surface area contributed by atoms with Gasteiger partial charge in [0.1, 0.15) is 11.6 Å². The highest BCUT2D eigenvalue weighted by molar-refractivity contribution is 5.79. The molecule has 0 spiro atoms. The van der Waals surface area contributed by atoms with Crippen LogP contribution in [0.5, 0.6) is 0 Å². The number of halogens is 1. The number of benzene rings is 2. The van der Waals surface area contributed by atoms with Crippen molar-refractivity contribution in [1.29, 1.82) is 0 Å². The van der Waals surface area contributed by atoms with Crippen molar-refractivity contribution in [1.82, 2.24) is 14.5 Å². The van der Waals surface area contributed by atoms with Crippen molar-refractivity contribution in [3.8, 4) is 11.8 Å². The first kappa shape index (κ1) is 16.9. The molecule has 0 N–H and O–H groups in total. The number of hydrogen-bond acceptors (Lipinski definition) is 3. The van der Waals surface area contributed by atoms with Gasteiger partial charge in [0.05, 0.1) is 17.4 Å². The van der Waals surface area contributed by atoms with E-state index in [1.165, 1.54) is 12.1 Å². The van der Waals surface area contributed by atoms with Gasteiger partial charge in [0.25, 0.3) is 5.56 Å². The lowest BCUT2D eigenvalue weighted by Crippen LogP contribution is -2.26. The van der Waals surface area contributed by atoms with Crippen molar-refractivity contribution in [2.75, 3.05) is 14.1 Å². The molecule has 0 fully saturated rings. The Labute approximate surface area is 145 Å². The van der Waals surface area contributed by atoms with Crippen molar-refractivity contribution in [3.63, 3.8) is 0 Å². The zero-order valence-electron chi connectivity index (χ0n) is 14.4. The van der Waals surface area contributed by atoms with E-state index in [0.29, 0.717) is 28.8 Å². The van der Waals surface area contributed by atoms with Crippen molar-refractivity contribution in [3.05, 3.63) is 75.6 Å². The monoisotopic (exact) mass is 335 g/mol. The number of nitrogens with zero attached hydrogens (tertiary/aromatic N) is 3. The Balaban J connectivity index is 2.05. The molecule has 0 radical (unpaired) electrons. The van der Waals surface area contributed by atoms with Crippen LogP contribution < -0.4 is 5.56 Å². The number of rotatable bonds is 2. The van der Waals surface area contributed by atoms with E-state index in [1.807, 2.05) is 19.0 Å². The summed E-state index contributed by atoms with van der Waals surface area (Å²) in [7, 11) is 5.58. The Morgan fingerprint density at radius 2 is 1.84 bits per heavy atom. The van der Waals surface area contributed by atoms with E-state index < -0.39 is 0 Å². The number of aromatic nitrogens is 2. The van der Waals surface area contributed by atoms with E-state index in [2.05, 4.69) is 16.8 Å². The minimum atomic E-state index is -0.316. The maximum absolute atomic E-state index is 13.2.